The van der Waals surface area contributed by atoms with Crippen LogP contribution in [0.4, 0.5) is 11.4 Å². The van der Waals surface area contributed by atoms with Crippen LogP contribution in [0.15, 0.2) is 53.6 Å². The lowest BCUT2D eigenvalue weighted by Crippen LogP contribution is -2.42. The molecule has 4 rings (SSSR count). The molecule has 0 unspecified atom stereocenters. The second kappa shape index (κ2) is 10.3. The number of carbonyl (C=O) groups excluding carboxylic acids is 3. The number of nitrogens with zero attached hydrogens (tertiary/aromatic N) is 2. The average Bonchev–Trinajstić information content (AvgIpc) is 3.20. The van der Waals surface area contributed by atoms with Gasteiger partial charge in [0.2, 0.25) is 5.91 Å². The molecule has 3 amide bonds. The van der Waals surface area contributed by atoms with E-state index >= 15 is 0 Å². The topological polar surface area (TPSA) is 134 Å². The predicted molar refractivity (Wildman–Crippen MR) is 131 cm³/mol. The summed E-state index contributed by atoms with van der Waals surface area (Å²) in [6.45, 7) is 2.45. The van der Waals surface area contributed by atoms with E-state index in [1.165, 1.54) is 0 Å². The van der Waals surface area contributed by atoms with Gasteiger partial charge >= 0.3 is 0 Å². The minimum Gasteiger partial charge on any atom is -0.494 e. The van der Waals surface area contributed by atoms with E-state index in [0.717, 1.165) is 5.01 Å². The zero-order valence-electron chi connectivity index (χ0n) is 19.2. The molecule has 2 aromatic carbocycles. The summed E-state index contributed by atoms with van der Waals surface area (Å²) in [5.74, 6) is -0.478. The maximum absolute atomic E-state index is 12.7. The maximum atomic E-state index is 12.7. The molecule has 0 radical (unpaired) electrons. The Morgan fingerprint density at radius 1 is 1.00 bits per heavy atom. The highest BCUT2D eigenvalue weighted by molar-refractivity contribution is 7.91. The molecule has 11 heteroatoms. The first-order chi connectivity index (χ1) is 16.7. The molecule has 10 nitrogen and oxygen atoms in total. The van der Waals surface area contributed by atoms with Gasteiger partial charge in [-0.25, -0.2) is 13.4 Å². The van der Waals surface area contributed by atoms with Crippen LogP contribution in [0.25, 0.3) is 0 Å². The van der Waals surface area contributed by atoms with Crippen molar-refractivity contribution in [1.29, 1.82) is 0 Å². The van der Waals surface area contributed by atoms with Crippen LogP contribution in [0.3, 0.4) is 0 Å². The van der Waals surface area contributed by atoms with E-state index in [2.05, 4.69) is 15.7 Å². The van der Waals surface area contributed by atoms with Gasteiger partial charge in [0, 0.05) is 29.8 Å². The van der Waals surface area contributed by atoms with Gasteiger partial charge in [0.15, 0.2) is 9.84 Å². The van der Waals surface area contributed by atoms with Crippen LogP contribution in [0.5, 0.6) is 5.75 Å². The molecule has 35 heavy (non-hydrogen) atoms. The van der Waals surface area contributed by atoms with E-state index in [1.807, 2.05) is 6.92 Å². The molecule has 1 saturated heterocycles. The summed E-state index contributed by atoms with van der Waals surface area (Å²) >= 11 is 0. The van der Waals surface area contributed by atoms with Crippen LogP contribution in [0, 0.1) is 0 Å². The van der Waals surface area contributed by atoms with Crippen LogP contribution in [-0.2, 0) is 19.4 Å². The third-order valence-corrected chi connectivity index (χ3v) is 7.45. The normalized spacial score (nSPS) is 19.1. The fourth-order valence-electron chi connectivity index (χ4n) is 3.90. The van der Waals surface area contributed by atoms with Crippen LogP contribution in [-0.4, -0.2) is 61.0 Å². The largest absolute Gasteiger partial charge is 0.494 e. The molecule has 0 spiro atoms. The van der Waals surface area contributed by atoms with E-state index in [1.54, 1.807) is 48.5 Å². The number of anilines is 2. The lowest BCUT2D eigenvalue weighted by atomic mass is 10.1. The Morgan fingerprint density at radius 2 is 1.63 bits per heavy atom. The molecule has 0 saturated carbocycles. The van der Waals surface area contributed by atoms with Crippen molar-refractivity contribution in [2.24, 2.45) is 5.10 Å². The van der Waals surface area contributed by atoms with Crippen molar-refractivity contribution in [3.8, 4) is 5.75 Å². The van der Waals surface area contributed by atoms with Crippen molar-refractivity contribution in [3.63, 3.8) is 0 Å². The fraction of sp³-hybridized carbons (Fsp3) is 0.333. The number of hydrazone groups is 1. The molecule has 2 aliphatic heterocycles. The summed E-state index contributed by atoms with van der Waals surface area (Å²) in [5, 5.41) is 10.8. The number of nitrogens with one attached hydrogen (secondary N) is 2. The first kappa shape index (κ1) is 24.4. The lowest BCUT2D eigenvalue weighted by Gasteiger charge is -2.27. The van der Waals surface area contributed by atoms with Crippen molar-refractivity contribution in [1.82, 2.24) is 5.01 Å². The van der Waals surface area contributed by atoms with E-state index in [9.17, 15) is 22.8 Å². The third kappa shape index (κ3) is 6.04. The summed E-state index contributed by atoms with van der Waals surface area (Å²) in [5.41, 5.74) is 1.65. The Kier molecular flexibility index (Phi) is 7.15. The quantitative estimate of drug-likeness (QED) is 0.602. The third-order valence-electron chi connectivity index (χ3n) is 5.70. The molecule has 0 bridgehead atoms. The standard InChI is InChI=1S/C24H26N4O6S/c1-2-34-20-9-7-18(8-10-20)25-23(30)16-3-5-17(6-4-16)26-24(31)21-11-12-22(29)28(27-21)19-13-14-35(32,33)15-19/h3-10,19H,2,11-15H2,1H3,(H,25,30)(H,26,31)/t19-/m1/s1. The second-order valence-corrected chi connectivity index (χ2v) is 10.5. The minimum absolute atomic E-state index is 0.0109. The van der Waals surface area contributed by atoms with Crippen LogP contribution in [0.1, 0.15) is 36.5 Å². The minimum atomic E-state index is -3.19. The Labute approximate surface area is 203 Å². The van der Waals surface area contributed by atoms with Gasteiger partial charge in [-0.15, -0.1) is 0 Å². The van der Waals surface area contributed by atoms with Gasteiger partial charge in [-0.3, -0.25) is 14.4 Å². The van der Waals surface area contributed by atoms with E-state index in [-0.39, 0.29) is 41.9 Å². The molecule has 2 heterocycles. The molecular formula is C24H26N4O6S. The van der Waals surface area contributed by atoms with Crippen LogP contribution < -0.4 is 15.4 Å². The second-order valence-electron chi connectivity index (χ2n) is 8.28. The molecule has 1 fully saturated rings. The number of sulfone groups is 1. The monoisotopic (exact) mass is 498 g/mol. The first-order valence-corrected chi connectivity index (χ1v) is 13.1. The van der Waals surface area contributed by atoms with Gasteiger partial charge in [-0.05, 0) is 61.9 Å². The summed E-state index contributed by atoms with van der Waals surface area (Å²) in [6.07, 6.45) is 0.573. The molecule has 184 valence electrons. The molecule has 1 atom stereocenters. The van der Waals surface area contributed by atoms with Gasteiger partial charge < -0.3 is 15.4 Å². The predicted octanol–water partition coefficient (Wildman–Crippen LogP) is 2.44. The Morgan fingerprint density at radius 3 is 2.23 bits per heavy atom. The average molecular weight is 499 g/mol. The summed E-state index contributed by atoms with van der Waals surface area (Å²) in [7, 11) is -3.19. The Hall–Kier alpha value is -3.73. The maximum Gasteiger partial charge on any atom is 0.271 e. The van der Waals surface area contributed by atoms with Crippen molar-refractivity contribution in [2.45, 2.75) is 32.2 Å². The summed E-state index contributed by atoms with van der Waals surface area (Å²) in [6, 6.07) is 12.9. The van der Waals surface area contributed by atoms with E-state index in [4.69, 9.17) is 4.74 Å². The SMILES string of the molecule is CCOc1ccc(NC(=O)c2ccc(NC(=O)C3=NN([C@@H]4CCS(=O)(=O)C4)C(=O)CC3)cc2)cc1. The van der Waals surface area contributed by atoms with Gasteiger partial charge in [0.25, 0.3) is 11.8 Å². The van der Waals surface area contributed by atoms with Gasteiger partial charge in [0.1, 0.15) is 11.5 Å². The van der Waals surface area contributed by atoms with Crippen molar-refractivity contribution in [2.75, 3.05) is 28.7 Å². The van der Waals surface area contributed by atoms with Crippen molar-refractivity contribution in [3.05, 3.63) is 54.1 Å². The molecular weight excluding hydrogens is 472 g/mol. The van der Waals surface area contributed by atoms with Crippen LogP contribution >= 0.6 is 0 Å². The highest BCUT2D eigenvalue weighted by Gasteiger charge is 2.37. The van der Waals surface area contributed by atoms with Gasteiger partial charge in [-0.1, -0.05) is 0 Å². The zero-order chi connectivity index (χ0) is 25.0. The van der Waals surface area contributed by atoms with Crippen molar-refractivity contribution < 1.29 is 27.5 Å². The molecule has 2 N–H and O–H groups in total. The number of hydrogen-bond donors (Lipinski definition) is 2. The number of ether oxygens (including phenoxy) is 1. The molecule has 2 aromatic rings. The first-order valence-electron chi connectivity index (χ1n) is 11.3. The van der Waals surface area contributed by atoms with E-state index in [0.29, 0.717) is 35.7 Å². The number of hydrogen-bond acceptors (Lipinski definition) is 7. The van der Waals surface area contributed by atoms with Crippen LogP contribution in [0.2, 0.25) is 0 Å². The van der Waals surface area contributed by atoms with E-state index < -0.39 is 21.8 Å². The number of benzene rings is 2. The summed E-state index contributed by atoms with van der Waals surface area (Å²) in [4.78, 5) is 37.5. The summed E-state index contributed by atoms with van der Waals surface area (Å²) < 4.78 is 28.9. The highest BCUT2D eigenvalue weighted by Crippen LogP contribution is 2.23. The Bertz CT molecular complexity index is 1260. The van der Waals surface area contributed by atoms with Crippen molar-refractivity contribution >= 4 is 44.6 Å². The molecule has 0 aromatic heterocycles. The number of rotatable bonds is 7. The molecule has 2 aliphatic rings. The zero-order valence-corrected chi connectivity index (χ0v) is 20.0. The Balaban J connectivity index is 1.37. The number of amides is 3. The van der Waals surface area contributed by atoms with Gasteiger partial charge in [0.05, 0.1) is 24.2 Å². The smallest absolute Gasteiger partial charge is 0.271 e. The molecule has 0 aliphatic carbocycles. The number of carbonyl (C=O) groups is 3. The fourth-order valence-corrected chi connectivity index (χ4v) is 5.59. The van der Waals surface area contributed by atoms with Gasteiger partial charge in [-0.2, -0.15) is 5.10 Å². The highest BCUT2D eigenvalue weighted by atomic mass is 32.2. The lowest BCUT2D eigenvalue weighted by molar-refractivity contribution is -0.133.